The van der Waals surface area contributed by atoms with Crippen LogP contribution in [0.4, 0.5) is 0 Å². The lowest BCUT2D eigenvalue weighted by Crippen LogP contribution is -2.25. The van der Waals surface area contributed by atoms with Crippen LogP contribution in [0.3, 0.4) is 0 Å². The van der Waals surface area contributed by atoms with Crippen LogP contribution in [0.1, 0.15) is 29.8 Å². The molecule has 0 saturated carbocycles. The van der Waals surface area contributed by atoms with Gasteiger partial charge in [0.05, 0.1) is 15.6 Å². The summed E-state index contributed by atoms with van der Waals surface area (Å²) in [4.78, 5) is 3.52. The molecule has 4 rings (SSSR count). The third-order valence-corrected chi connectivity index (χ3v) is 5.34. The highest BCUT2D eigenvalue weighted by atomic mass is 35.5. The van der Waals surface area contributed by atoms with Crippen LogP contribution in [0, 0.1) is 0 Å². The number of rotatable bonds is 2. The van der Waals surface area contributed by atoms with Crippen molar-refractivity contribution in [3.05, 3.63) is 69.3 Å². The molecule has 23 heavy (non-hydrogen) atoms. The van der Waals surface area contributed by atoms with E-state index in [4.69, 9.17) is 23.2 Å². The van der Waals surface area contributed by atoms with Gasteiger partial charge >= 0.3 is 0 Å². The summed E-state index contributed by atoms with van der Waals surface area (Å²) in [5.41, 5.74) is 4.77. The van der Waals surface area contributed by atoms with E-state index >= 15 is 0 Å². The molecule has 4 heteroatoms. The Kier molecular flexibility index (Phi) is 3.67. The van der Waals surface area contributed by atoms with Crippen molar-refractivity contribution in [2.75, 3.05) is 6.54 Å². The summed E-state index contributed by atoms with van der Waals surface area (Å²) in [7, 11) is 0. The zero-order valence-electron chi connectivity index (χ0n) is 12.8. The van der Waals surface area contributed by atoms with Crippen molar-refractivity contribution < 1.29 is 4.58 Å². The molecule has 0 fully saturated rings. The van der Waals surface area contributed by atoms with Crippen molar-refractivity contribution >= 4 is 40.3 Å². The molecule has 0 saturated heterocycles. The lowest BCUT2D eigenvalue weighted by atomic mass is 10.0. The summed E-state index contributed by atoms with van der Waals surface area (Å²) in [6.45, 7) is 3.11. The van der Waals surface area contributed by atoms with E-state index < -0.39 is 0 Å². The van der Waals surface area contributed by atoms with Gasteiger partial charge in [-0.15, -0.1) is 0 Å². The van der Waals surface area contributed by atoms with Gasteiger partial charge in [-0.25, -0.2) is 4.58 Å². The number of para-hydroxylation sites is 1. The summed E-state index contributed by atoms with van der Waals surface area (Å²) in [6.07, 6.45) is 3.21. The minimum atomic E-state index is 0.135. The highest BCUT2D eigenvalue weighted by Crippen LogP contribution is 2.33. The Morgan fingerprint density at radius 1 is 1.04 bits per heavy atom. The SMILES string of the molecule is C[C@H](c1c(Cl)cccc1Cl)[N+]1=Cc2[nH]c3ccccc3c2CC1. The van der Waals surface area contributed by atoms with Gasteiger partial charge in [-0.2, -0.15) is 0 Å². The minimum absolute atomic E-state index is 0.135. The van der Waals surface area contributed by atoms with E-state index in [0.717, 1.165) is 28.6 Å². The molecule has 0 radical (unpaired) electrons. The fourth-order valence-corrected chi connectivity index (χ4v) is 4.17. The molecule has 1 atom stereocenters. The summed E-state index contributed by atoms with van der Waals surface area (Å²) in [6, 6.07) is 14.3. The molecule has 0 amide bonds. The Hall–Kier alpha value is -1.77. The smallest absolute Gasteiger partial charge is 0.188 e. The molecule has 0 unspecified atom stereocenters. The molecule has 2 nitrogen and oxygen atoms in total. The third kappa shape index (κ3) is 2.46. The maximum atomic E-state index is 6.38. The molecule has 1 aromatic heterocycles. The second-order valence-electron chi connectivity index (χ2n) is 5.99. The Labute approximate surface area is 145 Å². The second-order valence-corrected chi connectivity index (χ2v) is 6.81. The van der Waals surface area contributed by atoms with Crippen LogP contribution < -0.4 is 0 Å². The van der Waals surface area contributed by atoms with E-state index in [0.29, 0.717) is 0 Å². The number of aromatic nitrogens is 1. The maximum Gasteiger partial charge on any atom is 0.188 e. The number of aromatic amines is 1. The summed E-state index contributed by atoms with van der Waals surface area (Å²) in [5, 5.41) is 2.77. The fourth-order valence-electron chi connectivity index (χ4n) is 3.45. The number of halogens is 2. The zero-order chi connectivity index (χ0) is 16.0. The Bertz CT molecular complexity index is 904. The summed E-state index contributed by atoms with van der Waals surface area (Å²) >= 11 is 12.8. The number of nitrogens with one attached hydrogen (secondary N) is 1. The minimum Gasteiger partial charge on any atom is -0.350 e. The molecule has 0 aliphatic carbocycles. The molecule has 0 spiro atoms. The van der Waals surface area contributed by atoms with Gasteiger partial charge in [0.2, 0.25) is 0 Å². The van der Waals surface area contributed by atoms with Crippen molar-refractivity contribution in [1.82, 2.24) is 4.98 Å². The van der Waals surface area contributed by atoms with Gasteiger partial charge in [0, 0.05) is 24.2 Å². The van der Waals surface area contributed by atoms with E-state index in [9.17, 15) is 0 Å². The molecule has 0 bridgehead atoms. The van der Waals surface area contributed by atoms with Gasteiger partial charge in [-0.1, -0.05) is 47.5 Å². The summed E-state index contributed by atoms with van der Waals surface area (Å²) in [5.74, 6) is 0. The van der Waals surface area contributed by atoms with Gasteiger partial charge in [0.1, 0.15) is 12.2 Å². The molecular formula is C19H17Cl2N2+. The average Bonchev–Trinajstić information content (AvgIpc) is 2.92. The number of hydrogen-bond acceptors (Lipinski definition) is 0. The Balaban J connectivity index is 1.79. The van der Waals surface area contributed by atoms with E-state index in [1.807, 2.05) is 18.2 Å². The molecule has 1 aliphatic heterocycles. The van der Waals surface area contributed by atoms with Crippen molar-refractivity contribution in [2.45, 2.75) is 19.4 Å². The number of nitrogens with zero attached hydrogens (tertiary/aromatic N) is 1. The molecule has 3 aromatic rings. The molecule has 1 aliphatic rings. The van der Waals surface area contributed by atoms with Crippen LogP contribution >= 0.6 is 23.2 Å². The molecule has 1 N–H and O–H groups in total. The quantitative estimate of drug-likeness (QED) is 0.615. The number of hydrogen-bond donors (Lipinski definition) is 1. The number of H-pyrrole nitrogens is 1. The molecule has 2 heterocycles. The summed E-state index contributed by atoms with van der Waals surface area (Å²) < 4.78 is 2.31. The van der Waals surface area contributed by atoms with Crippen LogP contribution in [0.5, 0.6) is 0 Å². The van der Waals surface area contributed by atoms with Gasteiger partial charge < -0.3 is 4.98 Å². The molecule has 2 aromatic carbocycles. The normalized spacial score (nSPS) is 15.3. The van der Waals surface area contributed by atoms with Crippen LogP contribution in [-0.2, 0) is 6.42 Å². The van der Waals surface area contributed by atoms with Gasteiger partial charge in [-0.05, 0) is 23.8 Å². The zero-order valence-corrected chi connectivity index (χ0v) is 14.3. The van der Waals surface area contributed by atoms with Gasteiger partial charge in [0.15, 0.2) is 12.3 Å². The van der Waals surface area contributed by atoms with Crippen molar-refractivity contribution in [3.8, 4) is 0 Å². The molecule has 116 valence electrons. The Morgan fingerprint density at radius 2 is 1.78 bits per heavy atom. The first-order chi connectivity index (χ1) is 11.1. The number of benzene rings is 2. The standard InChI is InChI=1S/C19H16Cl2N2/c1-12(19-15(20)6-4-7-16(19)21)23-10-9-14-13-5-2-3-8-17(13)22-18(14)11-23/h2-8,11-12H,9-10H2,1H3/p+1/t12-/m1/s1. The van der Waals surface area contributed by atoms with E-state index in [2.05, 4.69) is 47.0 Å². The lowest BCUT2D eigenvalue weighted by Gasteiger charge is -2.17. The van der Waals surface area contributed by atoms with E-state index in [1.165, 1.54) is 22.2 Å². The largest absolute Gasteiger partial charge is 0.350 e. The van der Waals surface area contributed by atoms with Gasteiger partial charge in [0.25, 0.3) is 0 Å². The first-order valence-electron chi connectivity index (χ1n) is 7.79. The van der Waals surface area contributed by atoms with Crippen LogP contribution in [0.15, 0.2) is 42.5 Å². The highest BCUT2D eigenvalue weighted by Gasteiger charge is 2.27. The average molecular weight is 344 g/mol. The van der Waals surface area contributed by atoms with E-state index in [1.54, 1.807) is 0 Å². The first-order valence-corrected chi connectivity index (χ1v) is 8.55. The predicted molar refractivity (Wildman–Crippen MR) is 97.2 cm³/mol. The van der Waals surface area contributed by atoms with Gasteiger partial charge in [-0.3, -0.25) is 0 Å². The van der Waals surface area contributed by atoms with Crippen LogP contribution in [-0.4, -0.2) is 22.3 Å². The monoisotopic (exact) mass is 343 g/mol. The van der Waals surface area contributed by atoms with Crippen LogP contribution in [0.2, 0.25) is 10.0 Å². The highest BCUT2D eigenvalue weighted by molar-refractivity contribution is 6.36. The Morgan fingerprint density at radius 3 is 2.57 bits per heavy atom. The van der Waals surface area contributed by atoms with Crippen LogP contribution in [0.25, 0.3) is 10.9 Å². The third-order valence-electron chi connectivity index (χ3n) is 4.68. The fraction of sp³-hybridized carbons (Fsp3) is 0.211. The van der Waals surface area contributed by atoms with Crippen molar-refractivity contribution in [3.63, 3.8) is 0 Å². The first kappa shape index (κ1) is 14.8. The topological polar surface area (TPSA) is 18.8 Å². The van der Waals surface area contributed by atoms with Crippen molar-refractivity contribution in [2.24, 2.45) is 0 Å². The van der Waals surface area contributed by atoms with E-state index in [-0.39, 0.29) is 6.04 Å². The predicted octanol–water partition coefficient (Wildman–Crippen LogP) is 5.22. The van der Waals surface area contributed by atoms with Crippen molar-refractivity contribution in [1.29, 1.82) is 0 Å². The maximum absolute atomic E-state index is 6.38. The number of fused-ring (bicyclic) bond motifs is 3. The second kappa shape index (κ2) is 5.70. The lowest BCUT2D eigenvalue weighted by molar-refractivity contribution is -0.565. The molecular weight excluding hydrogens is 327 g/mol.